The van der Waals surface area contributed by atoms with Crippen molar-refractivity contribution in [1.82, 2.24) is 4.90 Å². The molecule has 0 aromatic rings. The first-order valence-corrected chi connectivity index (χ1v) is 6.19. The number of amides is 1. The molecule has 114 valence electrons. The number of hydrogen-bond acceptors (Lipinski definition) is 3. The number of carbonyl (C=O) groups is 2. The first-order valence-electron chi connectivity index (χ1n) is 6.19. The smallest absolute Gasteiger partial charge is 0.410 e. The molecule has 1 saturated heterocycles. The normalized spacial score (nSPS) is 32.8. The maximum atomic E-state index is 13.0. The number of alkyl halides is 3. The molecule has 0 bridgehead atoms. The lowest BCUT2D eigenvalue weighted by Crippen LogP contribution is -2.44. The molecule has 2 aliphatic rings. The van der Waals surface area contributed by atoms with Crippen LogP contribution < -0.4 is 0 Å². The Morgan fingerprint density at radius 3 is 1.95 bits per heavy atom. The predicted octanol–water partition coefficient (Wildman–Crippen LogP) is 2.12. The summed E-state index contributed by atoms with van der Waals surface area (Å²) in [7, 11) is 0. The maximum Gasteiger partial charge on any atom is 0.410 e. The summed E-state index contributed by atoms with van der Waals surface area (Å²) in [6.07, 6.45) is -5.50. The predicted molar refractivity (Wildman–Crippen MR) is 60.9 cm³/mol. The summed E-state index contributed by atoms with van der Waals surface area (Å²) in [5.74, 6) is -4.01. The fourth-order valence-electron chi connectivity index (χ4n) is 2.96. The van der Waals surface area contributed by atoms with E-state index in [1.807, 2.05) is 0 Å². The van der Waals surface area contributed by atoms with Gasteiger partial charge in [-0.15, -0.1) is 0 Å². The Labute approximate surface area is 113 Å². The minimum atomic E-state index is -4.80. The van der Waals surface area contributed by atoms with Crippen LogP contribution in [-0.4, -0.2) is 46.9 Å². The molecule has 5 nitrogen and oxygen atoms in total. The van der Waals surface area contributed by atoms with Gasteiger partial charge in [-0.05, 0) is 20.8 Å². The van der Waals surface area contributed by atoms with Gasteiger partial charge in [0.2, 0.25) is 0 Å². The molecule has 2 rings (SSSR count). The highest BCUT2D eigenvalue weighted by atomic mass is 19.4. The SMILES string of the molecule is CC(C)(C)OC(=O)N1C[C@@H]2[C@H](C1)C2(C(=O)O)C(F)(F)F. The Balaban J connectivity index is 2.06. The third-order valence-electron chi connectivity index (χ3n) is 3.86. The first-order chi connectivity index (χ1) is 8.91. The van der Waals surface area contributed by atoms with Crippen molar-refractivity contribution in [2.45, 2.75) is 32.5 Å². The number of nitrogens with zero attached hydrogens (tertiary/aromatic N) is 1. The van der Waals surface area contributed by atoms with E-state index in [0.717, 1.165) is 4.90 Å². The molecule has 0 spiro atoms. The van der Waals surface area contributed by atoms with Crippen molar-refractivity contribution in [3.63, 3.8) is 0 Å². The topological polar surface area (TPSA) is 66.8 Å². The van der Waals surface area contributed by atoms with E-state index in [-0.39, 0.29) is 13.1 Å². The Kier molecular flexibility index (Phi) is 3.00. The van der Waals surface area contributed by atoms with Crippen molar-refractivity contribution < 1.29 is 32.6 Å². The summed E-state index contributed by atoms with van der Waals surface area (Å²) >= 11 is 0. The van der Waals surface area contributed by atoms with E-state index in [0.29, 0.717) is 0 Å². The van der Waals surface area contributed by atoms with Crippen molar-refractivity contribution in [1.29, 1.82) is 0 Å². The Morgan fingerprint density at radius 2 is 1.65 bits per heavy atom. The number of halogens is 3. The number of fused-ring (bicyclic) bond motifs is 1. The number of likely N-dealkylation sites (tertiary alicyclic amines) is 1. The summed E-state index contributed by atoms with van der Waals surface area (Å²) in [5, 5.41) is 8.90. The third-order valence-corrected chi connectivity index (χ3v) is 3.86. The highest BCUT2D eigenvalue weighted by Gasteiger charge is 2.85. The minimum Gasteiger partial charge on any atom is -0.481 e. The van der Waals surface area contributed by atoms with Gasteiger partial charge in [-0.3, -0.25) is 4.79 Å². The van der Waals surface area contributed by atoms with Gasteiger partial charge in [-0.25, -0.2) is 4.79 Å². The molecule has 8 heteroatoms. The minimum absolute atomic E-state index is 0.231. The van der Waals surface area contributed by atoms with Gasteiger partial charge in [0, 0.05) is 24.9 Å². The van der Waals surface area contributed by atoms with E-state index in [9.17, 15) is 22.8 Å². The molecule has 0 aromatic carbocycles. The lowest BCUT2D eigenvalue weighted by Gasteiger charge is -2.28. The summed E-state index contributed by atoms with van der Waals surface area (Å²) in [4.78, 5) is 23.9. The van der Waals surface area contributed by atoms with Crippen LogP contribution in [0.4, 0.5) is 18.0 Å². The van der Waals surface area contributed by atoms with Gasteiger partial charge in [0.05, 0.1) is 0 Å². The number of hydrogen-bond donors (Lipinski definition) is 1. The molecule has 3 atom stereocenters. The molecule has 0 radical (unpaired) electrons. The van der Waals surface area contributed by atoms with Crippen LogP contribution in [0.1, 0.15) is 20.8 Å². The zero-order chi connectivity index (χ0) is 15.5. The number of carboxylic acids is 1. The van der Waals surface area contributed by atoms with E-state index >= 15 is 0 Å². The van der Waals surface area contributed by atoms with Gasteiger partial charge in [-0.2, -0.15) is 13.2 Å². The average Bonchev–Trinajstić information content (AvgIpc) is 2.63. The van der Waals surface area contributed by atoms with Gasteiger partial charge < -0.3 is 14.7 Å². The van der Waals surface area contributed by atoms with Crippen LogP contribution in [0, 0.1) is 17.3 Å². The second-order valence-electron chi connectivity index (χ2n) is 6.27. The van der Waals surface area contributed by atoms with Crippen LogP contribution in [0.3, 0.4) is 0 Å². The van der Waals surface area contributed by atoms with Crippen molar-refractivity contribution in [2.75, 3.05) is 13.1 Å². The number of ether oxygens (including phenoxy) is 1. The number of aliphatic carboxylic acids is 1. The zero-order valence-electron chi connectivity index (χ0n) is 11.3. The van der Waals surface area contributed by atoms with Crippen LogP contribution in [0.15, 0.2) is 0 Å². The molecular formula is C12H16F3NO4. The van der Waals surface area contributed by atoms with Crippen molar-refractivity contribution in [3.8, 4) is 0 Å². The maximum absolute atomic E-state index is 13.0. The first kappa shape index (κ1) is 14.9. The molecule has 1 unspecified atom stereocenters. The summed E-state index contributed by atoms with van der Waals surface area (Å²) in [6.45, 7) is 4.49. The number of piperidine rings is 1. The third kappa shape index (κ3) is 2.01. The fourth-order valence-corrected chi connectivity index (χ4v) is 2.96. The van der Waals surface area contributed by atoms with E-state index in [1.165, 1.54) is 0 Å². The molecule has 0 aromatic heterocycles. The van der Waals surface area contributed by atoms with E-state index in [4.69, 9.17) is 9.84 Å². The second-order valence-corrected chi connectivity index (χ2v) is 6.27. The van der Waals surface area contributed by atoms with Crippen molar-refractivity contribution >= 4 is 12.1 Å². The Hall–Kier alpha value is -1.47. The average molecular weight is 295 g/mol. The lowest BCUT2D eigenvalue weighted by molar-refractivity contribution is -0.212. The van der Waals surface area contributed by atoms with Crippen LogP contribution in [0.25, 0.3) is 0 Å². The van der Waals surface area contributed by atoms with Crippen LogP contribution in [0.2, 0.25) is 0 Å². The van der Waals surface area contributed by atoms with Gasteiger partial charge in [0.25, 0.3) is 0 Å². The molecule has 1 N–H and O–H groups in total. The molecule has 1 aliphatic heterocycles. The quantitative estimate of drug-likeness (QED) is 0.804. The molecule has 1 saturated carbocycles. The largest absolute Gasteiger partial charge is 0.481 e. The van der Waals surface area contributed by atoms with E-state index < -0.39 is 41.1 Å². The molecule has 2 fully saturated rings. The Bertz CT molecular complexity index is 443. The highest BCUT2D eigenvalue weighted by molar-refractivity contribution is 5.82. The summed E-state index contributed by atoms with van der Waals surface area (Å²) in [5.41, 5.74) is -3.43. The summed E-state index contributed by atoms with van der Waals surface area (Å²) in [6, 6.07) is 0. The molecular weight excluding hydrogens is 279 g/mol. The molecule has 1 amide bonds. The lowest BCUT2D eigenvalue weighted by atomic mass is 9.99. The van der Waals surface area contributed by atoms with Gasteiger partial charge in [0.1, 0.15) is 5.60 Å². The van der Waals surface area contributed by atoms with Crippen molar-refractivity contribution in [3.05, 3.63) is 0 Å². The number of rotatable bonds is 1. The fraction of sp³-hybridized carbons (Fsp3) is 0.833. The van der Waals surface area contributed by atoms with Gasteiger partial charge >= 0.3 is 18.2 Å². The van der Waals surface area contributed by atoms with Crippen LogP contribution >= 0.6 is 0 Å². The standard InChI is InChI=1S/C12H16F3NO4/c1-10(2,3)20-9(19)16-4-6-7(5-16)11(6,8(17)18)12(13,14)15/h6-7H,4-5H2,1-3H3,(H,17,18)/t6-,7+,11?. The number of carboxylic acid groups (broad SMARTS) is 1. The summed E-state index contributed by atoms with van der Waals surface area (Å²) < 4.78 is 43.9. The van der Waals surface area contributed by atoms with Crippen molar-refractivity contribution in [2.24, 2.45) is 17.3 Å². The molecule has 20 heavy (non-hydrogen) atoms. The van der Waals surface area contributed by atoms with Gasteiger partial charge in [-0.1, -0.05) is 0 Å². The van der Waals surface area contributed by atoms with E-state index in [2.05, 4.69) is 0 Å². The molecule has 1 heterocycles. The van der Waals surface area contributed by atoms with Crippen LogP contribution in [-0.2, 0) is 9.53 Å². The highest BCUT2D eigenvalue weighted by Crippen LogP contribution is 2.70. The van der Waals surface area contributed by atoms with E-state index in [1.54, 1.807) is 20.8 Å². The van der Waals surface area contributed by atoms with Crippen LogP contribution in [0.5, 0.6) is 0 Å². The van der Waals surface area contributed by atoms with Gasteiger partial charge in [0.15, 0.2) is 5.41 Å². The zero-order valence-corrected chi connectivity index (χ0v) is 11.3. The monoisotopic (exact) mass is 295 g/mol. The number of carbonyl (C=O) groups excluding carboxylic acids is 1. The molecule has 1 aliphatic carbocycles. The Morgan fingerprint density at radius 1 is 1.20 bits per heavy atom. The second kappa shape index (κ2) is 4.02.